The monoisotopic (exact) mass is 273 g/mol. The lowest BCUT2D eigenvalue weighted by molar-refractivity contribution is -0.0553. The quantitative estimate of drug-likeness (QED) is 0.855. The van der Waals surface area contributed by atoms with Gasteiger partial charge in [-0.1, -0.05) is 30.0 Å². The van der Waals surface area contributed by atoms with Crippen molar-refractivity contribution in [2.75, 3.05) is 26.4 Å². The van der Waals surface area contributed by atoms with Crippen LogP contribution < -0.4 is 0 Å². The number of hydrogen-bond donors (Lipinski definition) is 1. The van der Waals surface area contributed by atoms with Crippen molar-refractivity contribution < 1.29 is 9.84 Å². The highest BCUT2D eigenvalue weighted by Gasteiger charge is 2.30. The van der Waals surface area contributed by atoms with Gasteiger partial charge >= 0.3 is 0 Å². The Labute approximate surface area is 121 Å². The fourth-order valence-corrected chi connectivity index (χ4v) is 2.38. The van der Waals surface area contributed by atoms with E-state index in [9.17, 15) is 0 Å². The van der Waals surface area contributed by atoms with Gasteiger partial charge < -0.3 is 9.84 Å². The third kappa shape index (κ3) is 3.83. The van der Waals surface area contributed by atoms with Crippen LogP contribution in [-0.4, -0.2) is 41.9 Å². The summed E-state index contributed by atoms with van der Waals surface area (Å²) in [5, 5.41) is 8.82. The summed E-state index contributed by atoms with van der Waals surface area (Å²) in [7, 11) is 0. The minimum Gasteiger partial charge on any atom is -0.395 e. The fourth-order valence-electron chi connectivity index (χ4n) is 2.38. The molecule has 1 aromatic rings. The Kier molecular flexibility index (Phi) is 5.19. The second-order valence-corrected chi connectivity index (χ2v) is 5.72. The van der Waals surface area contributed by atoms with Gasteiger partial charge in [0.15, 0.2) is 0 Å². The molecule has 108 valence electrons. The predicted molar refractivity (Wildman–Crippen MR) is 80.3 cm³/mol. The topological polar surface area (TPSA) is 32.7 Å². The summed E-state index contributed by atoms with van der Waals surface area (Å²) in [6.45, 7) is 7.95. The van der Waals surface area contributed by atoms with Gasteiger partial charge in [-0.2, -0.15) is 0 Å². The van der Waals surface area contributed by atoms with Crippen LogP contribution in [0.25, 0.3) is 0 Å². The third-order valence-corrected chi connectivity index (χ3v) is 3.66. The number of aliphatic hydroxyl groups excluding tert-OH is 1. The van der Waals surface area contributed by atoms with Crippen molar-refractivity contribution in [3.8, 4) is 11.8 Å². The molecule has 0 spiro atoms. The summed E-state index contributed by atoms with van der Waals surface area (Å²) >= 11 is 0. The maximum Gasteiger partial charge on any atom is 0.0645 e. The molecule has 1 saturated heterocycles. The summed E-state index contributed by atoms with van der Waals surface area (Å²) in [5.41, 5.74) is 2.36. The molecule has 0 aliphatic carbocycles. The molecule has 0 bridgehead atoms. The van der Waals surface area contributed by atoms with E-state index in [1.807, 2.05) is 12.1 Å². The molecule has 1 aromatic carbocycles. The van der Waals surface area contributed by atoms with Crippen LogP contribution in [0.2, 0.25) is 0 Å². The largest absolute Gasteiger partial charge is 0.395 e. The van der Waals surface area contributed by atoms with E-state index in [2.05, 4.69) is 42.7 Å². The first kappa shape index (κ1) is 15.1. The molecule has 0 radical (unpaired) electrons. The number of nitrogens with zero attached hydrogens (tertiary/aromatic N) is 1. The van der Waals surface area contributed by atoms with Crippen molar-refractivity contribution in [1.82, 2.24) is 4.90 Å². The first-order valence-corrected chi connectivity index (χ1v) is 7.14. The van der Waals surface area contributed by atoms with Crippen LogP contribution in [0, 0.1) is 11.8 Å². The van der Waals surface area contributed by atoms with E-state index >= 15 is 0 Å². The number of rotatable bonds is 3. The molecule has 1 aliphatic heterocycles. The maximum absolute atomic E-state index is 8.82. The zero-order chi connectivity index (χ0) is 14.4. The van der Waals surface area contributed by atoms with Crippen molar-refractivity contribution in [1.29, 1.82) is 0 Å². The van der Waals surface area contributed by atoms with E-state index in [0.29, 0.717) is 6.42 Å². The number of ether oxygens (including phenoxy) is 1. The highest BCUT2D eigenvalue weighted by atomic mass is 16.5. The molecule has 1 aliphatic rings. The normalized spacial score (nSPS) is 18.4. The minimum absolute atomic E-state index is 0.0594. The molecule has 0 aromatic heterocycles. The van der Waals surface area contributed by atoms with E-state index in [1.165, 1.54) is 5.56 Å². The van der Waals surface area contributed by atoms with E-state index < -0.39 is 0 Å². The standard InChI is InChI=1S/C17H23NO2/c1-17(2)14-20-12-10-18(17)13-16-9-4-3-7-15(16)8-5-6-11-19/h3-4,7,9,19H,6,10-14H2,1-2H3. The average Bonchev–Trinajstić information content (AvgIpc) is 2.43. The van der Waals surface area contributed by atoms with E-state index in [1.54, 1.807) is 0 Å². The smallest absolute Gasteiger partial charge is 0.0645 e. The Balaban J connectivity index is 2.15. The minimum atomic E-state index is 0.0594. The molecule has 1 fully saturated rings. The van der Waals surface area contributed by atoms with Gasteiger partial charge in [-0.05, 0) is 25.5 Å². The Bertz CT molecular complexity index is 499. The van der Waals surface area contributed by atoms with Crippen LogP contribution in [0.15, 0.2) is 24.3 Å². The number of aliphatic hydroxyl groups is 1. The van der Waals surface area contributed by atoms with E-state index in [-0.39, 0.29) is 12.1 Å². The summed E-state index contributed by atoms with van der Waals surface area (Å²) in [4.78, 5) is 2.45. The highest BCUT2D eigenvalue weighted by molar-refractivity contribution is 5.41. The van der Waals surface area contributed by atoms with Crippen LogP contribution in [0.5, 0.6) is 0 Å². The van der Waals surface area contributed by atoms with Crippen molar-refractivity contribution >= 4 is 0 Å². The second-order valence-electron chi connectivity index (χ2n) is 5.72. The van der Waals surface area contributed by atoms with Crippen molar-refractivity contribution in [3.05, 3.63) is 35.4 Å². The van der Waals surface area contributed by atoms with Gasteiger partial charge in [-0.3, -0.25) is 4.90 Å². The van der Waals surface area contributed by atoms with Crippen LogP contribution >= 0.6 is 0 Å². The predicted octanol–water partition coefficient (Wildman–Crippen LogP) is 2.03. The summed E-state index contributed by atoms with van der Waals surface area (Å²) in [5.74, 6) is 6.17. The lowest BCUT2D eigenvalue weighted by Crippen LogP contribution is -2.52. The van der Waals surface area contributed by atoms with Crippen LogP contribution in [0.1, 0.15) is 31.4 Å². The SMILES string of the molecule is CC1(C)COCCN1Cc1ccccc1C#CCCO. The Morgan fingerprint density at radius 3 is 2.90 bits per heavy atom. The van der Waals surface area contributed by atoms with Crippen molar-refractivity contribution in [2.24, 2.45) is 0 Å². The highest BCUT2D eigenvalue weighted by Crippen LogP contribution is 2.22. The summed E-state index contributed by atoms with van der Waals surface area (Å²) in [6.07, 6.45) is 0.525. The van der Waals surface area contributed by atoms with Gasteiger partial charge in [-0.25, -0.2) is 0 Å². The Hall–Kier alpha value is -1.34. The molecule has 3 heteroatoms. The number of hydrogen-bond acceptors (Lipinski definition) is 3. The molecule has 1 N–H and O–H groups in total. The van der Waals surface area contributed by atoms with E-state index in [4.69, 9.17) is 9.84 Å². The zero-order valence-electron chi connectivity index (χ0n) is 12.4. The Morgan fingerprint density at radius 2 is 2.15 bits per heavy atom. The first-order valence-electron chi connectivity index (χ1n) is 7.14. The Morgan fingerprint density at radius 1 is 1.35 bits per heavy atom. The molecule has 1 heterocycles. The summed E-state index contributed by atoms with van der Waals surface area (Å²) in [6, 6.07) is 8.25. The first-order chi connectivity index (χ1) is 9.63. The summed E-state index contributed by atoms with van der Waals surface area (Å²) < 4.78 is 5.56. The number of morpholine rings is 1. The maximum atomic E-state index is 8.82. The van der Waals surface area contributed by atoms with Crippen LogP contribution in [0.3, 0.4) is 0 Å². The molecular formula is C17H23NO2. The van der Waals surface area contributed by atoms with Gasteiger partial charge in [0, 0.05) is 30.6 Å². The van der Waals surface area contributed by atoms with Gasteiger partial charge in [0.05, 0.1) is 19.8 Å². The van der Waals surface area contributed by atoms with Crippen LogP contribution in [-0.2, 0) is 11.3 Å². The van der Waals surface area contributed by atoms with Crippen LogP contribution in [0.4, 0.5) is 0 Å². The zero-order valence-corrected chi connectivity index (χ0v) is 12.4. The molecule has 0 amide bonds. The molecule has 20 heavy (non-hydrogen) atoms. The number of benzene rings is 1. The molecule has 0 atom stereocenters. The fraction of sp³-hybridized carbons (Fsp3) is 0.529. The third-order valence-electron chi connectivity index (χ3n) is 3.66. The molecule has 3 nitrogen and oxygen atoms in total. The van der Waals surface area contributed by atoms with E-state index in [0.717, 1.165) is 31.9 Å². The van der Waals surface area contributed by atoms with Crippen molar-refractivity contribution in [3.63, 3.8) is 0 Å². The molecule has 0 saturated carbocycles. The molecule has 0 unspecified atom stereocenters. The van der Waals surface area contributed by atoms with Gasteiger partial charge in [0.25, 0.3) is 0 Å². The van der Waals surface area contributed by atoms with Crippen molar-refractivity contribution in [2.45, 2.75) is 32.4 Å². The lowest BCUT2D eigenvalue weighted by atomic mass is 9.99. The van der Waals surface area contributed by atoms with Gasteiger partial charge in [0.1, 0.15) is 0 Å². The molecular weight excluding hydrogens is 250 g/mol. The lowest BCUT2D eigenvalue weighted by Gasteiger charge is -2.42. The average molecular weight is 273 g/mol. The second kappa shape index (κ2) is 6.90. The van der Waals surface area contributed by atoms with Gasteiger partial charge in [-0.15, -0.1) is 0 Å². The van der Waals surface area contributed by atoms with Gasteiger partial charge in [0.2, 0.25) is 0 Å². The molecule has 2 rings (SSSR count).